The number of halogens is 5. The van der Waals surface area contributed by atoms with Crippen LogP contribution in [-0.4, -0.2) is 14.7 Å². The van der Waals surface area contributed by atoms with Crippen molar-refractivity contribution in [3.63, 3.8) is 0 Å². The van der Waals surface area contributed by atoms with Crippen molar-refractivity contribution >= 4 is 11.6 Å². The fraction of sp³-hybridized carbons (Fsp3) is 0.158. The summed E-state index contributed by atoms with van der Waals surface area (Å²) in [6, 6.07) is 6.35. The van der Waals surface area contributed by atoms with Crippen molar-refractivity contribution in [1.29, 1.82) is 0 Å². The summed E-state index contributed by atoms with van der Waals surface area (Å²) in [5, 5.41) is 9.80. The van der Waals surface area contributed by atoms with Gasteiger partial charge in [0.1, 0.15) is 17.3 Å². The highest BCUT2D eigenvalue weighted by atomic mass is 35.5. The van der Waals surface area contributed by atoms with Gasteiger partial charge in [-0.1, -0.05) is 30.7 Å². The van der Waals surface area contributed by atoms with Gasteiger partial charge in [-0.05, 0) is 24.1 Å². The van der Waals surface area contributed by atoms with E-state index in [1.54, 1.807) is 19.1 Å². The second-order valence-corrected chi connectivity index (χ2v) is 6.52. The van der Waals surface area contributed by atoms with E-state index >= 15 is 0 Å². The monoisotopic (exact) mass is 444 g/mol. The summed E-state index contributed by atoms with van der Waals surface area (Å²) in [6.07, 6.45) is -4.50. The van der Waals surface area contributed by atoms with Crippen LogP contribution in [0.2, 0.25) is 5.02 Å². The number of benzene rings is 2. The first-order valence-electron chi connectivity index (χ1n) is 8.44. The first kappa shape index (κ1) is 21.4. The van der Waals surface area contributed by atoms with Gasteiger partial charge in [-0.25, -0.2) is 13.8 Å². The number of para-hydroxylation sites is 1. The quantitative estimate of drug-likeness (QED) is 0.584. The van der Waals surface area contributed by atoms with E-state index in [4.69, 9.17) is 16.3 Å². The van der Waals surface area contributed by atoms with Crippen molar-refractivity contribution < 1.29 is 27.4 Å². The summed E-state index contributed by atoms with van der Waals surface area (Å²) in [4.78, 5) is 25.7. The normalized spacial score (nSPS) is 11.5. The third kappa shape index (κ3) is 4.04. The van der Waals surface area contributed by atoms with Crippen LogP contribution in [-0.2, 0) is 12.6 Å². The maximum Gasteiger partial charge on any atom is 0.431 e. The van der Waals surface area contributed by atoms with Gasteiger partial charge in [-0.3, -0.25) is 4.79 Å². The number of nitrogens with one attached hydrogen (secondary N) is 1. The summed E-state index contributed by atoms with van der Waals surface area (Å²) in [5.74, 6) is -1.59. The van der Waals surface area contributed by atoms with Crippen molar-refractivity contribution in [2.75, 3.05) is 0 Å². The average Bonchev–Trinajstić information content (AvgIpc) is 2.65. The summed E-state index contributed by atoms with van der Waals surface area (Å²) in [6.45, 7) is 1.79. The Balaban J connectivity index is 2.17. The third-order valence-electron chi connectivity index (χ3n) is 4.15. The van der Waals surface area contributed by atoms with Gasteiger partial charge < -0.3 is 14.8 Å². The summed E-state index contributed by atoms with van der Waals surface area (Å²) in [7, 11) is 0. The molecule has 0 unspecified atom stereocenters. The average molecular weight is 445 g/mol. The first-order valence-corrected chi connectivity index (χ1v) is 8.82. The molecule has 1 heterocycles. The lowest BCUT2D eigenvalue weighted by Gasteiger charge is -2.15. The molecule has 0 atom stereocenters. The van der Waals surface area contributed by atoms with E-state index in [0.29, 0.717) is 12.0 Å². The standard InChI is InChI=1S/C19H13ClF4N2O4/c1-2-9-4-3-5-13(27)17(9)30-14-7-12(11(21)6-10(14)20)26-16(28)8-15(19(22,23)24)25-18(26)29/h3-8,27H,2H2,1H3,(H,25,29). The van der Waals surface area contributed by atoms with E-state index in [1.165, 1.54) is 11.1 Å². The molecule has 0 aliphatic carbocycles. The SMILES string of the molecule is CCc1cccc(O)c1Oc1cc(-n2c(=O)cc(C(F)(F)F)[nH]c2=O)c(F)cc1Cl. The number of alkyl halides is 3. The van der Waals surface area contributed by atoms with Gasteiger partial charge in [0.05, 0.1) is 10.7 Å². The first-order chi connectivity index (χ1) is 14.0. The zero-order valence-corrected chi connectivity index (χ0v) is 15.9. The number of aromatic hydroxyl groups is 1. The number of aromatic nitrogens is 2. The van der Waals surface area contributed by atoms with Gasteiger partial charge in [-0.15, -0.1) is 0 Å². The number of aryl methyl sites for hydroxylation is 1. The van der Waals surface area contributed by atoms with Crippen LogP contribution in [0.15, 0.2) is 46.0 Å². The summed E-state index contributed by atoms with van der Waals surface area (Å²) >= 11 is 5.98. The van der Waals surface area contributed by atoms with Gasteiger partial charge in [0.2, 0.25) is 0 Å². The molecule has 158 valence electrons. The largest absolute Gasteiger partial charge is 0.504 e. The van der Waals surface area contributed by atoms with E-state index < -0.39 is 34.6 Å². The van der Waals surface area contributed by atoms with Crippen LogP contribution in [0.1, 0.15) is 18.2 Å². The molecular formula is C19H13ClF4N2O4. The molecule has 0 bridgehead atoms. The highest BCUT2D eigenvalue weighted by Gasteiger charge is 2.33. The van der Waals surface area contributed by atoms with Crippen molar-refractivity contribution in [3.05, 3.63) is 79.3 Å². The minimum Gasteiger partial charge on any atom is -0.504 e. The fourth-order valence-corrected chi connectivity index (χ4v) is 2.91. The highest BCUT2D eigenvalue weighted by molar-refractivity contribution is 6.32. The molecule has 0 spiro atoms. The van der Waals surface area contributed by atoms with Crippen LogP contribution >= 0.6 is 11.6 Å². The van der Waals surface area contributed by atoms with Gasteiger partial charge in [0.25, 0.3) is 5.56 Å². The third-order valence-corrected chi connectivity index (χ3v) is 4.44. The van der Waals surface area contributed by atoms with E-state index in [9.17, 15) is 32.3 Å². The van der Waals surface area contributed by atoms with Crippen molar-refractivity contribution in [3.8, 4) is 22.9 Å². The zero-order valence-electron chi connectivity index (χ0n) is 15.2. The number of hydrogen-bond acceptors (Lipinski definition) is 4. The highest BCUT2D eigenvalue weighted by Crippen LogP contribution is 2.38. The van der Waals surface area contributed by atoms with Crippen LogP contribution in [0.4, 0.5) is 17.6 Å². The van der Waals surface area contributed by atoms with Crippen LogP contribution in [0.5, 0.6) is 17.2 Å². The lowest BCUT2D eigenvalue weighted by molar-refractivity contribution is -0.141. The number of hydrogen-bond donors (Lipinski definition) is 2. The predicted octanol–water partition coefficient (Wildman–Crippen LogP) is 4.40. The van der Waals surface area contributed by atoms with Crippen LogP contribution in [0.25, 0.3) is 5.69 Å². The van der Waals surface area contributed by atoms with E-state index in [-0.39, 0.29) is 32.9 Å². The molecule has 0 saturated carbocycles. The second kappa shape index (κ2) is 7.86. The van der Waals surface area contributed by atoms with E-state index in [1.807, 2.05) is 0 Å². The maximum absolute atomic E-state index is 14.5. The number of rotatable bonds is 4. The molecule has 1 aromatic heterocycles. The minimum atomic E-state index is -4.97. The molecule has 0 aliphatic rings. The molecular weight excluding hydrogens is 432 g/mol. The molecule has 0 amide bonds. The van der Waals surface area contributed by atoms with Crippen molar-refractivity contribution in [1.82, 2.24) is 9.55 Å². The lowest BCUT2D eigenvalue weighted by atomic mass is 10.1. The maximum atomic E-state index is 14.5. The Hall–Kier alpha value is -3.27. The molecule has 2 aromatic carbocycles. The Bertz CT molecular complexity index is 1200. The molecule has 0 saturated heterocycles. The Morgan fingerprint density at radius 3 is 2.50 bits per heavy atom. The number of aromatic amines is 1. The Morgan fingerprint density at radius 2 is 1.90 bits per heavy atom. The molecule has 0 radical (unpaired) electrons. The molecule has 6 nitrogen and oxygen atoms in total. The Morgan fingerprint density at radius 1 is 1.20 bits per heavy atom. The number of nitrogens with zero attached hydrogens (tertiary/aromatic N) is 1. The molecule has 11 heteroatoms. The van der Waals surface area contributed by atoms with Crippen molar-refractivity contribution in [2.45, 2.75) is 19.5 Å². The zero-order chi connectivity index (χ0) is 22.2. The van der Waals surface area contributed by atoms with Gasteiger partial charge >= 0.3 is 11.9 Å². The predicted molar refractivity (Wildman–Crippen MR) is 100 cm³/mol. The minimum absolute atomic E-state index is 0.0214. The van der Waals surface area contributed by atoms with Crippen LogP contribution in [0.3, 0.4) is 0 Å². The molecule has 0 aliphatic heterocycles. The molecule has 0 fully saturated rings. The Labute approximate surface area is 170 Å². The molecule has 3 aromatic rings. The van der Waals surface area contributed by atoms with Crippen molar-refractivity contribution in [2.24, 2.45) is 0 Å². The Kier molecular flexibility index (Phi) is 5.62. The smallest absolute Gasteiger partial charge is 0.431 e. The van der Waals surface area contributed by atoms with Crippen LogP contribution in [0, 0.1) is 5.82 Å². The van der Waals surface area contributed by atoms with E-state index in [0.717, 1.165) is 12.1 Å². The van der Waals surface area contributed by atoms with Crippen LogP contribution < -0.4 is 16.0 Å². The fourth-order valence-electron chi connectivity index (χ4n) is 2.72. The summed E-state index contributed by atoms with van der Waals surface area (Å²) < 4.78 is 58.5. The number of H-pyrrole nitrogens is 1. The van der Waals surface area contributed by atoms with Gasteiger partial charge in [-0.2, -0.15) is 13.2 Å². The topological polar surface area (TPSA) is 84.3 Å². The van der Waals surface area contributed by atoms with Gasteiger partial charge in [0, 0.05) is 12.1 Å². The second-order valence-electron chi connectivity index (χ2n) is 6.11. The molecule has 30 heavy (non-hydrogen) atoms. The molecule has 2 N–H and O–H groups in total. The molecule has 3 rings (SSSR count). The number of phenolic OH excluding ortho intramolecular Hbond substituents is 1. The number of phenols is 1. The van der Waals surface area contributed by atoms with Gasteiger partial charge in [0.15, 0.2) is 11.5 Å². The summed E-state index contributed by atoms with van der Waals surface area (Å²) in [5.41, 5.74) is -4.57. The van der Waals surface area contributed by atoms with E-state index in [2.05, 4.69) is 0 Å². The number of ether oxygens (including phenoxy) is 1. The lowest BCUT2D eigenvalue weighted by Crippen LogP contribution is -2.36.